The second kappa shape index (κ2) is 23.6. The second-order valence-corrected chi connectivity index (χ2v) is 3.15. The van der Waals surface area contributed by atoms with Crippen LogP contribution in [-0.2, 0) is 21.7 Å². The molecule has 0 atom stereocenters. The van der Waals surface area contributed by atoms with Crippen molar-refractivity contribution in [3.63, 3.8) is 0 Å². The van der Waals surface area contributed by atoms with Crippen LogP contribution in [0.3, 0.4) is 0 Å². The summed E-state index contributed by atoms with van der Waals surface area (Å²) in [5, 5.41) is 28.6. The second-order valence-electron chi connectivity index (χ2n) is 3.15. The Hall–Kier alpha value is 0.884. The molecule has 0 N–H and O–H groups in total. The van der Waals surface area contributed by atoms with Gasteiger partial charge in [-0.05, 0) is 0 Å². The van der Waals surface area contributed by atoms with Crippen LogP contribution in [0.4, 0.5) is 0 Å². The first-order valence-corrected chi connectivity index (χ1v) is 4.17. The minimum Gasteiger partial charge on any atom is -0.852 e. The molecule has 0 bridgehead atoms. The third-order valence-corrected chi connectivity index (χ3v) is 0. The summed E-state index contributed by atoms with van der Waals surface area (Å²) < 4.78 is 0. The van der Waals surface area contributed by atoms with Gasteiger partial charge in [-0.15, -0.1) is 18.3 Å². The molecule has 0 aromatic carbocycles. The van der Waals surface area contributed by atoms with Crippen LogP contribution in [0.5, 0.6) is 0 Å². The van der Waals surface area contributed by atoms with E-state index in [0.717, 1.165) is 0 Å². The van der Waals surface area contributed by atoms with Gasteiger partial charge in [-0.3, -0.25) is 0 Å². The molecule has 0 saturated heterocycles. The molecule has 5 heteroatoms. The van der Waals surface area contributed by atoms with Gasteiger partial charge in [0.1, 0.15) is 0 Å². The molecule has 0 radical (unpaired) electrons. The third-order valence-electron chi connectivity index (χ3n) is 0. The van der Waals surface area contributed by atoms with Gasteiger partial charge in [0, 0.05) is 0 Å². The molecule has 86 valence electrons. The predicted molar refractivity (Wildman–Crippen MR) is 48.2 cm³/mol. The van der Waals surface area contributed by atoms with E-state index in [4.69, 9.17) is 0 Å². The van der Waals surface area contributed by atoms with E-state index < -0.39 is 18.3 Å². The Labute approximate surface area is 109 Å². The Morgan fingerprint density at radius 3 is 0.571 bits per heavy atom. The van der Waals surface area contributed by atoms with Crippen molar-refractivity contribution in [1.29, 1.82) is 0 Å². The monoisotopic (exact) mass is 262 g/mol. The molecule has 0 amide bonds. The summed E-state index contributed by atoms with van der Waals surface area (Å²) in [7, 11) is 0. The topological polar surface area (TPSA) is 69.2 Å². The third kappa shape index (κ3) is 2330. The Bertz CT molecular complexity index is 48.5. The molecule has 0 heterocycles. The van der Waals surface area contributed by atoms with Gasteiger partial charge in [0.25, 0.3) is 0 Å². The van der Waals surface area contributed by atoms with E-state index in [1.54, 1.807) is 41.5 Å². The van der Waals surface area contributed by atoms with Crippen LogP contribution in [0.1, 0.15) is 41.5 Å². The molecule has 0 aromatic heterocycles. The van der Waals surface area contributed by atoms with Crippen LogP contribution in [0.15, 0.2) is 0 Å². The molecular formula is C9H23ClO3Ti+2. The molecule has 0 saturated carbocycles. The van der Waals surface area contributed by atoms with Gasteiger partial charge in [0.2, 0.25) is 0 Å². The molecule has 0 rings (SSSR count). The Balaban J connectivity index is -0.0000000270. The first-order valence-electron chi connectivity index (χ1n) is 4.17. The molecule has 0 aromatic rings. The van der Waals surface area contributed by atoms with Crippen molar-refractivity contribution in [2.45, 2.75) is 59.9 Å². The van der Waals surface area contributed by atoms with Crippen molar-refractivity contribution in [3.05, 3.63) is 0 Å². The molecule has 3 nitrogen and oxygen atoms in total. The average molecular weight is 263 g/mol. The standard InChI is InChI=1S/3C3H7O.ClH2.Ti/c3*1-3(2)4;;/h3*3H,1-2H3;1H2;/q3*-1;+1;+4. The van der Waals surface area contributed by atoms with Gasteiger partial charge in [0.05, 0.1) is 12.4 Å². The quantitative estimate of drug-likeness (QED) is 0.511. The van der Waals surface area contributed by atoms with Crippen molar-refractivity contribution < 1.29 is 49.4 Å². The first kappa shape index (κ1) is 29.4. The Morgan fingerprint density at radius 2 is 0.571 bits per heavy atom. The van der Waals surface area contributed by atoms with Gasteiger partial charge < -0.3 is 15.3 Å². The molecule has 0 fully saturated rings. The van der Waals surface area contributed by atoms with Gasteiger partial charge in [-0.25, -0.2) is 0 Å². The summed E-state index contributed by atoms with van der Waals surface area (Å²) in [6.45, 7) is 9.67. The molecule has 0 spiro atoms. The maximum absolute atomic E-state index is 9.53. The first-order chi connectivity index (χ1) is 5.20. The molecule has 14 heavy (non-hydrogen) atoms. The van der Waals surface area contributed by atoms with Gasteiger partial charge in [-0.2, -0.15) is 0 Å². The fourth-order valence-corrected chi connectivity index (χ4v) is 0. The fourth-order valence-electron chi connectivity index (χ4n) is 0. The van der Waals surface area contributed by atoms with Crippen molar-refractivity contribution in [1.82, 2.24) is 0 Å². The smallest absolute Gasteiger partial charge is 0.852 e. The summed E-state index contributed by atoms with van der Waals surface area (Å²) in [6, 6.07) is 0. The van der Waals surface area contributed by atoms with Crippen LogP contribution in [0.2, 0.25) is 0 Å². The number of hydrogen-bond acceptors (Lipinski definition) is 3. The Kier molecular flexibility index (Phi) is 49.5. The van der Waals surface area contributed by atoms with Crippen molar-refractivity contribution in [3.8, 4) is 0 Å². The summed E-state index contributed by atoms with van der Waals surface area (Å²) in [5.74, 6) is 0. The fraction of sp³-hybridized carbons (Fsp3) is 1.00. The summed E-state index contributed by atoms with van der Waals surface area (Å²) in [6.07, 6.45) is -1.25. The van der Waals surface area contributed by atoms with Gasteiger partial charge >= 0.3 is 21.7 Å². The summed E-state index contributed by atoms with van der Waals surface area (Å²) in [4.78, 5) is 0. The average Bonchev–Trinajstić information content (AvgIpc) is 1.54. The zero-order chi connectivity index (χ0) is 10.7. The van der Waals surface area contributed by atoms with E-state index >= 15 is 0 Å². The molecule has 0 aliphatic carbocycles. The van der Waals surface area contributed by atoms with Crippen molar-refractivity contribution >= 4 is 0 Å². The van der Waals surface area contributed by atoms with E-state index in [9.17, 15) is 15.3 Å². The molecular weight excluding hydrogens is 239 g/mol. The summed E-state index contributed by atoms with van der Waals surface area (Å²) >= 11 is 0. The van der Waals surface area contributed by atoms with Crippen molar-refractivity contribution in [2.75, 3.05) is 0 Å². The van der Waals surface area contributed by atoms with E-state index in [1.807, 2.05) is 0 Å². The van der Waals surface area contributed by atoms with Gasteiger partial charge in [0.15, 0.2) is 0 Å². The zero-order valence-electron chi connectivity index (χ0n) is 9.90. The van der Waals surface area contributed by atoms with E-state index in [1.165, 1.54) is 0 Å². The minimum atomic E-state index is -0.417. The van der Waals surface area contributed by atoms with Crippen LogP contribution in [0, 0.1) is 12.4 Å². The Morgan fingerprint density at radius 1 is 0.571 bits per heavy atom. The minimum absolute atomic E-state index is 0. The zero-order valence-corrected chi connectivity index (χ0v) is 12.4. The van der Waals surface area contributed by atoms with E-state index in [0.29, 0.717) is 0 Å². The van der Waals surface area contributed by atoms with Gasteiger partial charge in [-0.1, -0.05) is 41.5 Å². The number of halogens is 1. The van der Waals surface area contributed by atoms with E-state index in [-0.39, 0.29) is 34.1 Å². The molecule has 0 aliphatic heterocycles. The van der Waals surface area contributed by atoms with Crippen LogP contribution < -0.4 is 15.3 Å². The SMILES string of the molecule is CC(C)[O-].CC(C)[O-].CC(C)[O-].[ClH2+].[Ti+4]. The van der Waals surface area contributed by atoms with Crippen LogP contribution in [-0.4, -0.2) is 18.3 Å². The summed E-state index contributed by atoms with van der Waals surface area (Å²) in [5.41, 5.74) is 0. The number of rotatable bonds is 0. The van der Waals surface area contributed by atoms with Crippen LogP contribution in [0.25, 0.3) is 0 Å². The maximum Gasteiger partial charge on any atom is 4.00 e. The van der Waals surface area contributed by atoms with Crippen LogP contribution >= 0.6 is 0 Å². The molecule has 0 unspecified atom stereocenters. The van der Waals surface area contributed by atoms with Crippen molar-refractivity contribution in [2.24, 2.45) is 0 Å². The maximum atomic E-state index is 9.53. The largest absolute Gasteiger partial charge is 4.00 e. The normalized spacial score (nSPS) is 7.71. The van der Waals surface area contributed by atoms with E-state index in [2.05, 4.69) is 0 Å². The number of hydrogen-bond donors (Lipinski definition) is 0. The predicted octanol–water partition coefficient (Wildman–Crippen LogP) is -1.27. The molecule has 0 aliphatic rings.